The number of carbonyl (C=O) groups is 2. The number of aliphatic hydroxyl groups is 2. The Morgan fingerprint density at radius 1 is 1.30 bits per heavy atom. The van der Waals surface area contributed by atoms with Crippen LogP contribution in [0.5, 0.6) is 0 Å². The van der Waals surface area contributed by atoms with Crippen molar-refractivity contribution in [2.45, 2.75) is 63.0 Å². The summed E-state index contributed by atoms with van der Waals surface area (Å²) >= 11 is 7.22. The van der Waals surface area contributed by atoms with Gasteiger partial charge in [-0.25, -0.2) is 9.18 Å². The number of ether oxygens (including phenoxy) is 2. The van der Waals surface area contributed by atoms with Gasteiger partial charge in [-0.2, -0.15) is 0 Å². The minimum absolute atomic E-state index is 0.0182. The molecule has 2 N–H and O–H groups in total. The highest BCUT2D eigenvalue weighted by atomic mass is 35.5. The van der Waals surface area contributed by atoms with Gasteiger partial charge in [-0.3, -0.25) is 4.79 Å². The van der Waals surface area contributed by atoms with Crippen LogP contribution in [0.25, 0.3) is 0 Å². The third-order valence-corrected chi connectivity index (χ3v) is 9.44. The van der Waals surface area contributed by atoms with Crippen LogP contribution in [0.3, 0.4) is 0 Å². The number of carbonyl (C=O) groups excluding carboxylic acids is 2. The number of alkyl halides is 2. The van der Waals surface area contributed by atoms with Crippen molar-refractivity contribution in [2.75, 3.05) is 7.11 Å². The Hall–Kier alpha value is -1.44. The summed E-state index contributed by atoms with van der Waals surface area (Å²) in [6, 6.07) is 0. The number of hydrogen-bond donors (Lipinski definition) is 2. The zero-order valence-corrected chi connectivity index (χ0v) is 18.3. The van der Waals surface area contributed by atoms with E-state index >= 15 is 4.39 Å². The largest absolute Gasteiger partial charge is 0.510 e. The maximum Gasteiger partial charge on any atom is 0.510 e. The van der Waals surface area contributed by atoms with Crippen molar-refractivity contribution in [3.8, 4) is 0 Å². The Labute approximate surface area is 180 Å². The monoisotopic (exact) mass is 442 g/mol. The minimum atomic E-state index is -1.88. The smallest absolute Gasteiger partial charge is 0.438 e. The topological polar surface area (TPSA) is 93.1 Å². The summed E-state index contributed by atoms with van der Waals surface area (Å²) in [6.45, 7) is 5.27. The van der Waals surface area contributed by atoms with Gasteiger partial charge in [0.1, 0.15) is 6.17 Å². The number of aliphatic hydroxyl groups excluding tert-OH is 1. The van der Waals surface area contributed by atoms with Gasteiger partial charge in [-0.05, 0) is 48.8 Å². The molecule has 4 aliphatic rings. The Bertz CT molecular complexity index is 859. The van der Waals surface area contributed by atoms with E-state index < -0.39 is 51.8 Å². The molecule has 4 aliphatic carbocycles. The number of fused-ring (bicyclic) bond motifs is 5. The second-order valence-corrected chi connectivity index (χ2v) is 10.4. The van der Waals surface area contributed by atoms with Crippen LogP contribution in [0.2, 0.25) is 0 Å². The van der Waals surface area contributed by atoms with E-state index in [1.165, 1.54) is 12.2 Å². The summed E-state index contributed by atoms with van der Waals surface area (Å²) in [5, 5.41) is 22.8. The average Bonchev–Trinajstić information content (AvgIpc) is 2.86. The van der Waals surface area contributed by atoms with Gasteiger partial charge < -0.3 is 19.7 Å². The molecule has 0 saturated heterocycles. The first-order chi connectivity index (χ1) is 13.8. The highest BCUT2D eigenvalue weighted by molar-refractivity contribution is 6.26. The molecule has 0 aromatic heterocycles. The molecule has 9 atom stereocenters. The number of allylic oxidation sites excluding steroid dienone is 4. The summed E-state index contributed by atoms with van der Waals surface area (Å²) in [5.41, 5.74) is -1.82. The molecular weight excluding hydrogens is 415 g/mol. The summed E-state index contributed by atoms with van der Waals surface area (Å²) in [6.07, 6.45) is 1.24. The van der Waals surface area contributed by atoms with Crippen LogP contribution >= 0.6 is 11.6 Å². The Kier molecular flexibility index (Phi) is 4.74. The first kappa shape index (κ1) is 21.8. The van der Waals surface area contributed by atoms with Gasteiger partial charge >= 0.3 is 6.16 Å². The zero-order valence-electron chi connectivity index (χ0n) is 17.5. The molecule has 0 aromatic carbocycles. The van der Waals surface area contributed by atoms with Gasteiger partial charge in [0.2, 0.25) is 5.79 Å². The summed E-state index contributed by atoms with van der Waals surface area (Å²) in [7, 11) is 1.16. The third-order valence-electron chi connectivity index (χ3n) is 8.52. The van der Waals surface area contributed by atoms with Crippen molar-refractivity contribution >= 4 is 23.5 Å². The number of halogens is 2. The molecule has 3 saturated carbocycles. The van der Waals surface area contributed by atoms with Gasteiger partial charge in [0.15, 0.2) is 5.78 Å². The van der Waals surface area contributed by atoms with Crippen LogP contribution in [0.4, 0.5) is 9.18 Å². The number of hydrogen-bond acceptors (Lipinski definition) is 6. The van der Waals surface area contributed by atoms with E-state index in [9.17, 15) is 19.8 Å². The molecule has 0 unspecified atom stereocenters. The van der Waals surface area contributed by atoms with Gasteiger partial charge in [0.25, 0.3) is 0 Å². The predicted octanol–water partition coefficient (Wildman–Crippen LogP) is 3.29. The van der Waals surface area contributed by atoms with Crippen LogP contribution in [0.15, 0.2) is 23.8 Å². The molecule has 0 bridgehead atoms. The molecule has 0 amide bonds. The highest BCUT2D eigenvalue weighted by Crippen LogP contribution is 2.71. The summed E-state index contributed by atoms with van der Waals surface area (Å²) in [5.74, 6) is -3.48. The molecule has 6 nitrogen and oxygen atoms in total. The SMILES string of the molecule is COC(=O)O[C@@]1(O)[C@@H](C)C[C@H]2[C@@H]3C[C@H](F)C4=CC(=O)C=C[C@]4(C)[C@@]3(Cl)[C@@H](O)C[C@@]21C. The zero-order chi connectivity index (χ0) is 22.3. The fraction of sp³-hybridized carbons (Fsp3) is 0.727. The van der Waals surface area contributed by atoms with Crippen LogP contribution in [-0.4, -0.2) is 52.2 Å². The molecule has 166 valence electrons. The van der Waals surface area contributed by atoms with Gasteiger partial charge in [0, 0.05) is 16.7 Å². The molecule has 8 heteroatoms. The Morgan fingerprint density at radius 3 is 2.60 bits per heavy atom. The maximum absolute atomic E-state index is 15.4. The van der Waals surface area contributed by atoms with E-state index in [0.29, 0.717) is 6.42 Å². The lowest BCUT2D eigenvalue weighted by Gasteiger charge is -2.63. The second-order valence-electron chi connectivity index (χ2n) is 9.75. The van der Waals surface area contributed by atoms with E-state index in [-0.39, 0.29) is 30.1 Å². The lowest BCUT2D eigenvalue weighted by molar-refractivity contribution is -0.276. The van der Waals surface area contributed by atoms with Crippen molar-refractivity contribution < 1.29 is 33.7 Å². The van der Waals surface area contributed by atoms with E-state index in [1.54, 1.807) is 26.8 Å². The number of ketones is 1. The molecular formula is C22H28ClFO6. The first-order valence-electron chi connectivity index (χ1n) is 10.3. The lowest BCUT2D eigenvalue weighted by atomic mass is 9.46. The second kappa shape index (κ2) is 6.53. The van der Waals surface area contributed by atoms with E-state index in [4.69, 9.17) is 16.3 Å². The van der Waals surface area contributed by atoms with Crippen molar-refractivity contribution in [2.24, 2.45) is 28.6 Å². The minimum Gasteiger partial charge on any atom is -0.438 e. The first-order valence-corrected chi connectivity index (χ1v) is 10.7. The molecule has 0 radical (unpaired) electrons. The highest BCUT2D eigenvalue weighted by Gasteiger charge is 2.75. The molecule has 4 rings (SSSR count). The summed E-state index contributed by atoms with van der Waals surface area (Å²) in [4.78, 5) is 22.5. The van der Waals surface area contributed by atoms with Crippen molar-refractivity contribution in [1.29, 1.82) is 0 Å². The molecule has 0 aliphatic heterocycles. The average molecular weight is 443 g/mol. The molecule has 3 fully saturated rings. The predicted molar refractivity (Wildman–Crippen MR) is 106 cm³/mol. The fourth-order valence-electron chi connectivity index (χ4n) is 6.89. The Balaban J connectivity index is 1.82. The van der Waals surface area contributed by atoms with E-state index in [2.05, 4.69) is 4.74 Å². The van der Waals surface area contributed by atoms with E-state index in [0.717, 1.165) is 7.11 Å². The van der Waals surface area contributed by atoms with Crippen LogP contribution in [-0.2, 0) is 14.3 Å². The van der Waals surface area contributed by atoms with Crippen LogP contribution in [0.1, 0.15) is 40.0 Å². The maximum atomic E-state index is 15.4. The molecule has 30 heavy (non-hydrogen) atoms. The molecule has 0 spiro atoms. The fourth-order valence-corrected chi connectivity index (χ4v) is 7.38. The van der Waals surface area contributed by atoms with Crippen molar-refractivity contribution in [1.82, 2.24) is 0 Å². The Morgan fingerprint density at radius 2 is 1.97 bits per heavy atom. The third kappa shape index (κ3) is 2.43. The van der Waals surface area contributed by atoms with Crippen LogP contribution in [0, 0.1) is 28.6 Å². The standard InChI is InChI=1S/C22H28ClFO6/c1-11-7-13-14-9-16(24)15-8-12(25)5-6-19(15,2)21(14,23)17(26)10-20(13,3)22(11,28)30-18(27)29-4/h5-6,8,11,13-14,16-17,26,28H,7,9-10H2,1-4H3/t11-,13-,14-,16-,17-,19-,20-,21-,22-/m0/s1. The normalized spacial score (nSPS) is 52.1. The van der Waals surface area contributed by atoms with Crippen molar-refractivity contribution in [3.63, 3.8) is 0 Å². The number of methoxy groups -OCH3 is 1. The quantitative estimate of drug-likeness (QED) is 0.367. The summed E-state index contributed by atoms with van der Waals surface area (Å²) < 4.78 is 25.3. The van der Waals surface area contributed by atoms with Gasteiger partial charge in [-0.15, -0.1) is 11.6 Å². The molecule has 0 aromatic rings. The van der Waals surface area contributed by atoms with Crippen LogP contribution < -0.4 is 0 Å². The number of rotatable bonds is 1. The van der Waals surface area contributed by atoms with Gasteiger partial charge in [-0.1, -0.05) is 26.8 Å². The van der Waals surface area contributed by atoms with E-state index in [1.807, 2.05) is 0 Å². The molecule has 0 heterocycles. The van der Waals surface area contributed by atoms with Crippen molar-refractivity contribution in [3.05, 3.63) is 23.8 Å². The van der Waals surface area contributed by atoms with Gasteiger partial charge in [0.05, 0.1) is 18.1 Å². The lowest BCUT2D eigenvalue weighted by Crippen LogP contribution is -2.69.